The van der Waals surface area contributed by atoms with Crippen LogP contribution in [0.25, 0.3) is 27.4 Å². The molecule has 13 heteroatoms. The van der Waals surface area contributed by atoms with Gasteiger partial charge in [-0.05, 0) is 65.2 Å². The van der Waals surface area contributed by atoms with Crippen LogP contribution in [0.5, 0.6) is 0 Å². The second-order valence-corrected chi connectivity index (χ2v) is 10.3. The van der Waals surface area contributed by atoms with E-state index in [1.165, 1.54) is 22.3 Å². The van der Waals surface area contributed by atoms with Gasteiger partial charge in [0.2, 0.25) is 0 Å². The van der Waals surface area contributed by atoms with Gasteiger partial charge in [0.25, 0.3) is 11.5 Å². The second kappa shape index (κ2) is 9.25. The predicted molar refractivity (Wildman–Crippen MR) is 141 cm³/mol. The van der Waals surface area contributed by atoms with Crippen molar-refractivity contribution in [3.05, 3.63) is 85.7 Å². The van der Waals surface area contributed by atoms with E-state index in [0.717, 1.165) is 21.7 Å². The van der Waals surface area contributed by atoms with Crippen LogP contribution < -0.4 is 10.9 Å². The molecule has 10 nitrogen and oxygen atoms in total. The van der Waals surface area contributed by atoms with Crippen LogP contribution >= 0.6 is 34.5 Å². The maximum atomic E-state index is 13.4. The number of aromatic amines is 1. The van der Waals surface area contributed by atoms with Crippen molar-refractivity contribution in [1.82, 2.24) is 40.1 Å². The molecule has 0 radical (unpaired) electrons. The van der Waals surface area contributed by atoms with Gasteiger partial charge in [-0.25, -0.2) is 4.98 Å². The average molecular weight is 553 g/mol. The van der Waals surface area contributed by atoms with Crippen LogP contribution in [0.1, 0.15) is 33.7 Å². The van der Waals surface area contributed by atoms with Crippen LogP contribution in [0.2, 0.25) is 10.2 Å². The molecule has 4 aromatic heterocycles. The largest absolute Gasteiger partial charge is 0.354 e. The van der Waals surface area contributed by atoms with E-state index in [1.807, 2.05) is 18.2 Å². The van der Waals surface area contributed by atoms with Crippen LogP contribution in [0.4, 0.5) is 0 Å². The Morgan fingerprint density at radius 2 is 2.05 bits per heavy atom. The molecule has 1 aliphatic heterocycles. The lowest BCUT2D eigenvalue weighted by Crippen LogP contribution is -2.23. The molecule has 1 aliphatic rings. The number of nitrogens with one attached hydrogen (secondary N) is 2. The number of halogens is 2. The minimum Gasteiger partial charge on any atom is -0.354 e. The van der Waals surface area contributed by atoms with Gasteiger partial charge in [-0.2, -0.15) is 4.68 Å². The van der Waals surface area contributed by atoms with Crippen LogP contribution in [0, 0.1) is 0 Å². The average Bonchev–Trinajstić information content (AvgIpc) is 3.69. The highest BCUT2D eigenvalue weighted by Gasteiger charge is 2.29. The number of fused-ring (bicyclic) bond motifs is 1. The number of tetrazole rings is 1. The first-order valence-corrected chi connectivity index (χ1v) is 12.9. The lowest BCUT2D eigenvalue weighted by Gasteiger charge is -2.15. The number of benzene rings is 1. The number of thiophene rings is 1. The molecule has 37 heavy (non-hydrogen) atoms. The first-order chi connectivity index (χ1) is 17.9. The van der Waals surface area contributed by atoms with Crippen LogP contribution in [0.3, 0.4) is 0 Å². The van der Waals surface area contributed by atoms with E-state index in [1.54, 1.807) is 35.9 Å². The molecule has 0 spiro atoms. The van der Waals surface area contributed by atoms with Gasteiger partial charge < -0.3 is 14.9 Å². The molecule has 0 fully saturated rings. The number of pyridine rings is 1. The number of amides is 1. The number of carbonyl (C=O) groups excluding carboxylic acids is 1. The van der Waals surface area contributed by atoms with Gasteiger partial charge >= 0.3 is 0 Å². The lowest BCUT2D eigenvalue weighted by molar-refractivity contribution is 0.0967. The summed E-state index contributed by atoms with van der Waals surface area (Å²) < 4.78 is 3.28. The molecule has 0 saturated heterocycles. The maximum absolute atomic E-state index is 13.4. The molecular formula is C24H18Cl2N8O2S. The number of aromatic nitrogens is 7. The Hall–Kier alpha value is -3.80. The minimum absolute atomic E-state index is 0.162. The Morgan fingerprint density at radius 1 is 1.19 bits per heavy atom. The van der Waals surface area contributed by atoms with Gasteiger partial charge in [0.1, 0.15) is 12.2 Å². The third kappa shape index (κ3) is 4.14. The normalized spacial score (nSPS) is 14.6. The molecule has 0 aliphatic carbocycles. The zero-order chi connectivity index (χ0) is 25.7. The summed E-state index contributed by atoms with van der Waals surface area (Å²) in [7, 11) is 1.59. The molecule has 6 rings (SSSR count). The van der Waals surface area contributed by atoms with E-state index in [-0.39, 0.29) is 17.5 Å². The van der Waals surface area contributed by atoms with Crippen LogP contribution in [-0.2, 0) is 6.42 Å². The molecule has 0 unspecified atom stereocenters. The minimum atomic E-state index is -0.292. The summed E-state index contributed by atoms with van der Waals surface area (Å²) in [5.74, 6) is 0.433. The molecular weight excluding hydrogens is 535 g/mol. The summed E-state index contributed by atoms with van der Waals surface area (Å²) in [6.07, 6.45) is 2.86. The smallest absolute Gasteiger partial charge is 0.261 e. The number of H-pyrrole nitrogens is 1. The molecule has 1 atom stereocenters. The second-order valence-electron chi connectivity index (χ2n) is 8.44. The first kappa shape index (κ1) is 23.6. The molecule has 186 valence electrons. The number of hydrogen-bond acceptors (Lipinski definition) is 7. The molecule has 5 aromatic rings. The lowest BCUT2D eigenvalue weighted by atomic mass is 10.0. The van der Waals surface area contributed by atoms with E-state index < -0.39 is 0 Å². The van der Waals surface area contributed by atoms with Gasteiger partial charge in [0.05, 0.1) is 27.2 Å². The van der Waals surface area contributed by atoms with E-state index in [0.29, 0.717) is 45.1 Å². The first-order valence-electron chi connectivity index (χ1n) is 11.3. The zero-order valence-electron chi connectivity index (χ0n) is 19.3. The van der Waals surface area contributed by atoms with Gasteiger partial charge in [0, 0.05) is 29.4 Å². The van der Waals surface area contributed by atoms with Crippen LogP contribution in [-0.4, -0.2) is 47.7 Å². The summed E-state index contributed by atoms with van der Waals surface area (Å²) in [5.41, 5.74) is 3.52. The van der Waals surface area contributed by atoms with Gasteiger partial charge in [-0.15, -0.1) is 16.4 Å². The standard InChI is InChI=1S/C24H18Cl2N8O2S/c1-27-24(36)19-7-6-18(37-19)21-22(26)30-23(29-21)17-5-3-14-8-12(9-20(35)34(14)17)15-10-13(25)2-4-16(15)33-11-28-31-32-33/h2,4,6-11,17H,3,5H2,1H3,(H,27,36)(H,29,30)/t17-/m0/s1. The van der Waals surface area contributed by atoms with Crippen molar-refractivity contribution in [3.8, 4) is 27.4 Å². The number of aryl methyl sites for hydroxylation is 1. The van der Waals surface area contributed by atoms with Crippen molar-refractivity contribution in [3.63, 3.8) is 0 Å². The number of rotatable bonds is 5. The highest BCUT2D eigenvalue weighted by atomic mass is 35.5. The molecule has 1 aromatic carbocycles. The Balaban J connectivity index is 1.37. The molecule has 2 N–H and O–H groups in total. The van der Waals surface area contributed by atoms with Gasteiger partial charge in [-0.3, -0.25) is 9.59 Å². The Morgan fingerprint density at radius 3 is 2.84 bits per heavy atom. The van der Waals surface area contributed by atoms with Gasteiger partial charge in [-0.1, -0.05) is 23.2 Å². The summed E-state index contributed by atoms with van der Waals surface area (Å²) in [6, 6.07) is 12.2. The third-order valence-electron chi connectivity index (χ3n) is 6.30. The molecule has 0 bridgehead atoms. The SMILES string of the molecule is CNC(=O)c1ccc(-c2[nH]c([C@@H]3CCc4cc(-c5cc(Cl)ccc5-n5cnnn5)cc(=O)n43)nc2Cl)s1. The fourth-order valence-corrected chi connectivity index (χ4v) is 6.05. The summed E-state index contributed by atoms with van der Waals surface area (Å²) in [4.78, 5) is 34.6. The molecule has 1 amide bonds. The van der Waals surface area contributed by atoms with E-state index in [2.05, 4.69) is 30.8 Å². The predicted octanol–water partition coefficient (Wildman–Crippen LogP) is 4.14. The number of carbonyl (C=O) groups is 1. The fraction of sp³-hybridized carbons (Fsp3) is 0.167. The molecule has 5 heterocycles. The Labute approximate surface area is 223 Å². The van der Waals surface area contributed by atoms with Crippen molar-refractivity contribution in [2.45, 2.75) is 18.9 Å². The number of hydrogen-bond donors (Lipinski definition) is 2. The highest BCUT2D eigenvalue weighted by molar-refractivity contribution is 7.17. The Bertz CT molecular complexity index is 1710. The summed E-state index contributed by atoms with van der Waals surface area (Å²) in [6.45, 7) is 0. The fourth-order valence-electron chi connectivity index (χ4n) is 4.63. The Kier molecular flexibility index (Phi) is 5.90. The topological polar surface area (TPSA) is 123 Å². The van der Waals surface area contributed by atoms with Crippen molar-refractivity contribution < 1.29 is 4.79 Å². The quantitative estimate of drug-likeness (QED) is 0.337. The number of nitrogens with zero attached hydrogens (tertiary/aromatic N) is 6. The van der Waals surface area contributed by atoms with Crippen molar-refractivity contribution in [1.29, 1.82) is 0 Å². The zero-order valence-corrected chi connectivity index (χ0v) is 21.6. The maximum Gasteiger partial charge on any atom is 0.261 e. The summed E-state index contributed by atoms with van der Waals surface area (Å²) in [5, 5.41) is 14.9. The van der Waals surface area contributed by atoms with Crippen LogP contribution in [0.15, 0.2) is 53.6 Å². The highest BCUT2D eigenvalue weighted by Crippen LogP contribution is 2.37. The van der Waals surface area contributed by atoms with E-state index in [9.17, 15) is 9.59 Å². The van der Waals surface area contributed by atoms with Crippen molar-refractivity contribution in [2.24, 2.45) is 0 Å². The number of imidazole rings is 1. The summed E-state index contributed by atoms with van der Waals surface area (Å²) >= 11 is 14.1. The monoisotopic (exact) mass is 552 g/mol. The third-order valence-corrected chi connectivity index (χ3v) is 7.91. The van der Waals surface area contributed by atoms with Gasteiger partial charge in [0.15, 0.2) is 5.15 Å². The molecule has 0 saturated carbocycles. The van der Waals surface area contributed by atoms with Crippen molar-refractivity contribution >= 4 is 40.4 Å². The van der Waals surface area contributed by atoms with Crippen molar-refractivity contribution in [2.75, 3.05) is 7.05 Å². The van der Waals surface area contributed by atoms with E-state index in [4.69, 9.17) is 23.2 Å². The van der Waals surface area contributed by atoms with E-state index >= 15 is 0 Å².